The number of carbonyl (C=O) groups excluding carboxylic acids is 2. The van der Waals surface area contributed by atoms with E-state index in [1.54, 1.807) is 16.7 Å². The van der Waals surface area contributed by atoms with Crippen molar-refractivity contribution in [3.05, 3.63) is 107 Å². The molecule has 0 aromatic heterocycles. The molecular weight excluding hydrogens is 452 g/mol. The lowest BCUT2D eigenvalue weighted by atomic mass is 10.0. The van der Waals surface area contributed by atoms with Gasteiger partial charge in [0.15, 0.2) is 0 Å². The van der Waals surface area contributed by atoms with E-state index in [0.717, 1.165) is 23.3 Å². The number of hydrogen-bond donors (Lipinski definition) is 1. The van der Waals surface area contributed by atoms with Crippen LogP contribution in [0.3, 0.4) is 0 Å². The van der Waals surface area contributed by atoms with Crippen LogP contribution in [0.2, 0.25) is 0 Å². The summed E-state index contributed by atoms with van der Waals surface area (Å²) in [4.78, 5) is 28.8. The number of nitrogens with zero attached hydrogens (tertiary/aromatic N) is 1. The Bertz CT molecular complexity index is 1050. The van der Waals surface area contributed by atoms with Gasteiger partial charge in [-0.3, -0.25) is 9.59 Å². The molecule has 0 bridgehead atoms. The first kappa shape index (κ1) is 26.6. The minimum absolute atomic E-state index is 0.0220. The maximum atomic E-state index is 13.6. The predicted octanol–water partition coefficient (Wildman–Crippen LogP) is 5.78. The molecule has 0 unspecified atom stereocenters. The summed E-state index contributed by atoms with van der Waals surface area (Å²) in [5.41, 5.74) is 4.46. The van der Waals surface area contributed by atoms with E-state index in [1.807, 2.05) is 74.5 Å². The molecule has 0 radical (unpaired) electrons. The van der Waals surface area contributed by atoms with Crippen LogP contribution in [-0.2, 0) is 28.3 Å². The average molecular weight is 489 g/mol. The second kappa shape index (κ2) is 13.7. The summed E-state index contributed by atoms with van der Waals surface area (Å²) in [5.74, 6) is 0.957. The molecular formula is C30H36N2O2S. The first-order chi connectivity index (χ1) is 17.0. The van der Waals surface area contributed by atoms with E-state index < -0.39 is 6.04 Å². The van der Waals surface area contributed by atoms with Crippen LogP contribution in [0.5, 0.6) is 0 Å². The number of benzene rings is 3. The van der Waals surface area contributed by atoms with Gasteiger partial charge in [0.05, 0.1) is 5.75 Å². The molecule has 0 aliphatic rings. The van der Waals surface area contributed by atoms with Crippen molar-refractivity contribution in [3.63, 3.8) is 0 Å². The summed E-state index contributed by atoms with van der Waals surface area (Å²) in [7, 11) is 0. The van der Waals surface area contributed by atoms with Crippen molar-refractivity contribution in [1.29, 1.82) is 0 Å². The molecule has 0 aliphatic carbocycles. The fourth-order valence-corrected chi connectivity index (χ4v) is 4.67. The van der Waals surface area contributed by atoms with Crippen LogP contribution in [0.15, 0.2) is 84.9 Å². The monoisotopic (exact) mass is 488 g/mol. The second-order valence-corrected chi connectivity index (χ2v) is 9.99. The summed E-state index contributed by atoms with van der Waals surface area (Å²) < 4.78 is 0. The zero-order chi connectivity index (χ0) is 25.0. The van der Waals surface area contributed by atoms with Crippen molar-refractivity contribution in [2.45, 2.75) is 58.0 Å². The first-order valence-electron chi connectivity index (χ1n) is 12.3. The highest BCUT2D eigenvalue weighted by Crippen LogP contribution is 2.19. The summed E-state index contributed by atoms with van der Waals surface area (Å²) in [6, 6.07) is 27.7. The number of aryl methyl sites for hydroxylation is 1. The molecule has 0 fully saturated rings. The molecule has 35 heavy (non-hydrogen) atoms. The minimum atomic E-state index is -0.584. The number of hydrogen-bond acceptors (Lipinski definition) is 3. The standard InChI is InChI=1S/C30H36N2O2S/c1-4-24(3)31-30(34)28(19-25-11-7-5-8-12-25)32(20-26-13-9-6-10-14-26)29(33)22-35-21-27-17-15-23(2)16-18-27/h5-18,24,28H,4,19-22H2,1-3H3,(H,31,34)/t24-,28+/m0/s1. The molecule has 0 heterocycles. The Morgan fingerprint density at radius 2 is 1.46 bits per heavy atom. The van der Waals surface area contributed by atoms with Crippen molar-refractivity contribution < 1.29 is 9.59 Å². The Kier molecular flexibility index (Phi) is 10.4. The normalized spacial score (nSPS) is 12.5. The Labute approximate surface area is 214 Å². The van der Waals surface area contributed by atoms with Gasteiger partial charge >= 0.3 is 0 Å². The molecule has 0 aliphatic heterocycles. The highest BCUT2D eigenvalue weighted by Gasteiger charge is 2.30. The largest absolute Gasteiger partial charge is 0.352 e. The van der Waals surface area contributed by atoms with E-state index in [0.29, 0.717) is 18.7 Å². The Balaban J connectivity index is 1.82. The van der Waals surface area contributed by atoms with Gasteiger partial charge < -0.3 is 10.2 Å². The highest BCUT2D eigenvalue weighted by atomic mass is 32.2. The van der Waals surface area contributed by atoms with Crippen LogP contribution in [0.25, 0.3) is 0 Å². The van der Waals surface area contributed by atoms with Gasteiger partial charge in [0.1, 0.15) is 6.04 Å². The van der Waals surface area contributed by atoms with Crippen LogP contribution in [-0.4, -0.2) is 34.6 Å². The zero-order valence-corrected chi connectivity index (χ0v) is 21.8. The number of amides is 2. The third kappa shape index (κ3) is 8.59. The first-order valence-corrected chi connectivity index (χ1v) is 13.4. The second-order valence-electron chi connectivity index (χ2n) is 9.01. The van der Waals surface area contributed by atoms with Gasteiger partial charge in [-0.1, -0.05) is 97.4 Å². The molecule has 1 N–H and O–H groups in total. The Morgan fingerprint density at radius 1 is 0.857 bits per heavy atom. The lowest BCUT2D eigenvalue weighted by Gasteiger charge is -2.32. The Hall–Kier alpha value is -3.05. The SMILES string of the molecule is CC[C@H](C)NC(=O)[C@@H](Cc1ccccc1)N(Cc1ccccc1)C(=O)CSCc1ccc(C)cc1. The molecule has 2 amide bonds. The van der Waals surface area contributed by atoms with Gasteiger partial charge in [-0.25, -0.2) is 0 Å². The van der Waals surface area contributed by atoms with Gasteiger partial charge in [-0.2, -0.15) is 0 Å². The van der Waals surface area contributed by atoms with Crippen molar-refractivity contribution in [2.24, 2.45) is 0 Å². The molecule has 0 saturated heterocycles. The van der Waals surface area contributed by atoms with Gasteiger partial charge in [0, 0.05) is 24.8 Å². The van der Waals surface area contributed by atoms with Gasteiger partial charge in [-0.15, -0.1) is 11.8 Å². The molecule has 3 aromatic rings. The molecule has 5 heteroatoms. The van der Waals surface area contributed by atoms with Crippen molar-refractivity contribution >= 4 is 23.6 Å². The lowest BCUT2D eigenvalue weighted by molar-refractivity contribution is -0.139. The minimum Gasteiger partial charge on any atom is -0.352 e. The third-order valence-corrected chi connectivity index (χ3v) is 7.07. The summed E-state index contributed by atoms with van der Waals surface area (Å²) in [5, 5.41) is 3.12. The quantitative estimate of drug-likeness (QED) is 0.351. The molecule has 3 rings (SSSR count). The van der Waals surface area contributed by atoms with E-state index in [1.165, 1.54) is 11.1 Å². The number of nitrogens with one attached hydrogen (secondary N) is 1. The summed E-state index contributed by atoms with van der Waals surface area (Å²) >= 11 is 1.59. The maximum absolute atomic E-state index is 13.6. The van der Waals surface area contributed by atoms with Crippen LogP contribution in [0, 0.1) is 6.92 Å². The molecule has 4 nitrogen and oxygen atoms in total. The summed E-state index contributed by atoms with van der Waals surface area (Å²) in [6.45, 7) is 6.51. The molecule has 0 saturated carbocycles. The molecule has 3 aromatic carbocycles. The molecule has 0 spiro atoms. The highest BCUT2D eigenvalue weighted by molar-refractivity contribution is 7.99. The summed E-state index contributed by atoms with van der Waals surface area (Å²) in [6.07, 6.45) is 1.31. The van der Waals surface area contributed by atoms with E-state index in [-0.39, 0.29) is 17.9 Å². The van der Waals surface area contributed by atoms with E-state index in [9.17, 15) is 9.59 Å². The number of carbonyl (C=O) groups is 2. The van der Waals surface area contributed by atoms with Gasteiger partial charge in [0.2, 0.25) is 11.8 Å². The van der Waals surface area contributed by atoms with E-state index in [2.05, 4.69) is 36.5 Å². The van der Waals surface area contributed by atoms with Crippen molar-refractivity contribution in [1.82, 2.24) is 10.2 Å². The van der Waals surface area contributed by atoms with E-state index >= 15 is 0 Å². The van der Waals surface area contributed by atoms with Gasteiger partial charge in [-0.05, 0) is 37.0 Å². The van der Waals surface area contributed by atoms with E-state index in [4.69, 9.17) is 0 Å². The van der Waals surface area contributed by atoms with Crippen LogP contribution >= 0.6 is 11.8 Å². The van der Waals surface area contributed by atoms with Crippen LogP contribution in [0.4, 0.5) is 0 Å². The maximum Gasteiger partial charge on any atom is 0.243 e. The smallest absolute Gasteiger partial charge is 0.243 e. The van der Waals surface area contributed by atoms with Crippen molar-refractivity contribution in [3.8, 4) is 0 Å². The van der Waals surface area contributed by atoms with Gasteiger partial charge in [0.25, 0.3) is 0 Å². The average Bonchev–Trinajstić information content (AvgIpc) is 2.88. The number of rotatable bonds is 12. The predicted molar refractivity (Wildman–Crippen MR) is 146 cm³/mol. The van der Waals surface area contributed by atoms with Crippen molar-refractivity contribution in [2.75, 3.05) is 5.75 Å². The van der Waals surface area contributed by atoms with Crippen LogP contribution in [0.1, 0.15) is 42.5 Å². The molecule has 184 valence electrons. The fraction of sp³-hybridized carbons (Fsp3) is 0.333. The molecule has 2 atom stereocenters. The lowest BCUT2D eigenvalue weighted by Crippen LogP contribution is -2.52. The topological polar surface area (TPSA) is 49.4 Å². The Morgan fingerprint density at radius 3 is 2.06 bits per heavy atom. The van der Waals surface area contributed by atoms with Crippen LogP contribution < -0.4 is 5.32 Å². The zero-order valence-electron chi connectivity index (χ0n) is 20.9. The fourth-order valence-electron chi connectivity index (χ4n) is 3.80. The number of thioether (sulfide) groups is 1. The third-order valence-electron chi connectivity index (χ3n) is 6.08.